The monoisotopic (exact) mass is 145 g/mol. The van der Waals surface area contributed by atoms with Gasteiger partial charge in [0, 0.05) is 16.8 Å². The summed E-state index contributed by atoms with van der Waals surface area (Å²) in [6, 6.07) is 1.24. The second kappa shape index (κ2) is 4.03. The number of ether oxygens (including phenoxy) is 2. The van der Waals surface area contributed by atoms with Gasteiger partial charge in [-0.2, -0.15) is 0 Å². The van der Waals surface area contributed by atoms with Crippen molar-refractivity contribution in [1.29, 1.82) is 0 Å². The van der Waals surface area contributed by atoms with Gasteiger partial charge in [0.15, 0.2) is 0 Å². The average Bonchev–Trinajstić information content (AvgIpc) is 2.63. The first-order valence-electron chi connectivity index (χ1n) is 3.42. The van der Waals surface area contributed by atoms with Crippen LogP contribution in [0.25, 0.3) is 0 Å². The van der Waals surface area contributed by atoms with Crippen LogP contribution in [0.5, 0.6) is 0 Å². The van der Waals surface area contributed by atoms with Crippen LogP contribution in [0.3, 0.4) is 0 Å². The summed E-state index contributed by atoms with van der Waals surface area (Å²) >= 11 is 0. The molecule has 0 aromatic carbocycles. The van der Waals surface area contributed by atoms with Gasteiger partial charge in [0.1, 0.15) is 6.10 Å². The first-order chi connectivity index (χ1) is 4.43. The van der Waals surface area contributed by atoms with Crippen molar-refractivity contribution in [3.63, 3.8) is 0 Å². The molecule has 1 saturated heterocycles. The lowest BCUT2D eigenvalue weighted by atomic mass is 10.5. The van der Waals surface area contributed by atoms with Crippen molar-refractivity contribution >= 4 is 10.2 Å². The minimum atomic E-state index is 0.435. The van der Waals surface area contributed by atoms with Crippen LogP contribution in [0.2, 0.25) is 6.04 Å². The normalized spacial score (nSPS) is 24.3. The largest absolute Gasteiger partial charge is 0.379 e. The van der Waals surface area contributed by atoms with Crippen molar-refractivity contribution in [2.45, 2.75) is 18.6 Å². The van der Waals surface area contributed by atoms with Crippen molar-refractivity contribution in [3.05, 3.63) is 0 Å². The third-order valence-electron chi connectivity index (χ3n) is 1.24. The van der Waals surface area contributed by atoms with E-state index in [4.69, 9.17) is 9.47 Å². The summed E-state index contributed by atoms with van der Waals surface area (Å²) in [5.41, 5.74) is 0. The van der Waals surface area contributed by atoms with Crippen LogP contribution in [0, 0.1) is 0 Å². The molecule has 0 N–H and O–H groups in total. The van der Waals surface area contributed by atoms with E-state index < -0.39 is 0 Å². The fourth-order valence-electron chi connectivity index (χ4n) is 0.583. The highest BCUT2D eigenvalue weighted by molar-refractivity contribution is 6.08. The number of epoxide rings is 1. The first kappa shape index (κ1) is 7.25. The quantitative estimate of drug-likeness (QED) is 0.305. The molecule has 1 radical (unpaired) electrons. The molecule has 3 heteroatoms. The lowest BCUT2D eigenvalue weighted by Crippen LogP contribution is -2.02. The van der Waals surface area contributed by atoms with E-state index in [0.29, 0.717) is 6.10 Å². The van der Waals surface area contributed by atoms with E-state index in [1.54, 1.807) is 0 Å². The molecule has 0 aromatic heterocycles. The van der Waals surface area contributed by atoms with Crippen LogP contribution in [0.1, 0.15) is 6.42 Å². The highest BCUT2D eigenvalue weighted by Crippen LogP contribution is 2.08. The Morgan fingerprint density at radius 2 is 2.44 bits per heavy atom. The molecule has 1 aliphatic rings. The lowest BCUT2D eigenvalue weighted by molar-refractivity contribution is 0.117. The molecule has 9 heavy (non-hydrogen) atoms. The van der Waals surface area contributed by atoms with Gasteiger partial charge in [0.2, 0.25) is 0 Å². The molecule has 2 nitrogen and oxygen atoms in total. The number of rotatable bonds is 5. The number of hydrogen-bond acceptors (Lipinski definition) is 2. The van der Waals surface area contributed by atoms with Gasteiger partial charge in [-0.1, -0.05) is 6.04 Å². The van der Waals surface area contributed by atoms with Crippen LogP contribution in [-0.4, -0.2) is 36.2 Å². The van der Waals surface area contributed by atoms with Crippen molar-refractivity contribution in [2.75, 3.05) is 19.8 Å². The van der Waals surface area contributed by atoms with Crippen LogP contribution >= 0.6 is 0 Å². The smallest absolute Gasteiger partial charge is 0.104 e. The van der Waals surface area contributed by atoms with E-state index in [2.05, 4.69) is 0 Å². The van der Waals surface area contributed by atoms with Gasteiger partial charge in [-0.15, -0.1) is 0 Å². The van der Waals surface area contributed by atoms with E-state index >= 15 is 0 Å². The van der Waals surface area contributed by atoms with Crippen LogP contribution in [0.4, 0.5) is 0 Å². The fourth-order valence-corrected chi connectivity index (χ4v) is 0.787. The molecule has 1 atom stereocenters. The topological polar surface area (TPSA) is 21.8 Å². The zero-order valence-electron chi connectivity index (χ0n) is 5.64. The molecule has 1 fully saturated rings. The summed E-state index contributed by atoms with van der Waals surface area (Å²) in [6.07, 6.45) is 1.62. The highest BCUT2D eigenvalue weighted by atomic mass is 28.1. The zero-order valence-corrected chi connectivity index (χ0v) is 7.05. The molecule has 0 aromatic rings. The minimum absolute atomic E-state index is 0.435. The number of hydrogen-bond donors (Lipinski definition) is 0. The van der Waals surface area contributed by atoms with Crippen molar-refractivity contribution in [3.8, 4) is 0 Å². The summed E-state index contributed by atoms with van der Waals surface area (Å²) in [5, 5.41) is 0. The molecule has 1 heterocycles. The Morgan fingerprint density at radius 3 is 3.00 bits per heavy atom. The Labute approximate surface area is 59.0 Å². The Kier molecular flexibility index (Phi) is 3.25. The van der Waals surface area contributed by atoms with E-state index in [-0.39, 0.29) is 0 Å². The Morgan fingerprint density at radius 1 is 1.67 bits per heavy atom. The summed E-state index contributed by atoms with van der Waals surface area (Å²) in [4.78, 5) is 0. The van der Waals surface area contributed by atoms with Gasteiger partial charge in [0.25, 0.3) is 0 Å². The van der Waals surface area contributed by atoms with Crippen LogP contribution < -0.4 is 0 Å². The maximum atomic E-state index is 5.28. The van der Waals surface area contributed by atoms with Crippen LogP contribution in [-0.2, 0) is 9.47 Å². The lowest BCUT2D eigenvalue weighted by Gasteiger charge is -1.97. The SMILES string of the molecule is [SiH2]CCCOCC1CO1. The summed E-state index contributed by atoms with van der Waals surface area (Å²) in [6.45, 7) is 2.63. The van der Waals surface area contributed by atoms with E-state index in [1.807, 2.05) is 10.2 Å². The first-order valence-corrected chi connectivity index (χ1v) is 4.42. The maximum Gasteiger partial charge on any atom is 0.104 e. The maximum absolute atomic E-state index is 5.28. The molecule has 1 rings (SSSR count). The molecule has 0 aliphatic carbocycles. The second-order valence-corrected chi connectivity index (χ2v) is 2.94. The highest BCUT2D eigenvalue weighted by Gasteiger charge is 2.21. The standard InChI is InChI=1S/C6H13O2Si/c9-3-1-2-7-4-6-5-8-6/h6H,1-5,9H2. The van der Waals surface area contributed by atoms with E-state index in [0.717, 1.165) is 19.8 Å². The molecule has 1 unspecified atom stereocenters. The third-order valence-corrected chi connectivity index (χ3v) is 1.74. The average molecular weight is 145 g/mol. The Hall–Kier alpha value is 0.137. The van der Waals surface area contributed by atoms with Gasteiger partial charge in [-0.05, 0) is 6.42 Å². The molecule has 0 saturated carbocycles. The van der Waals surface area contributed by atoms with Crippen molar-refractivity contribution in [2.24, 2.45) is 0 Å². The van der Waals surface area contributed by atoms with Gasteiger partial charge >= 0.3 is 0 Å². The molecular formula is C6H13O2Si. The molecular weight excluding hydrogens is 132 g/mol. The Bertz CT molecular complexity index is 73.5. The van der Waals surface area contributed by atoms with Gasteiger partial charge in [0.05, 0.1) is 13.2 Å². The predicted molar refractivity (Wildman–Crippen MR) is 38.5 cm³/mol. The molecule has 53 valence electrons. The molecule has 0 amide bonds. The second-order valence-electron chi connectivity index (χ2n) is 2.24. The van der Waals surface area contributed by atoms with Crippen molar-refractivity contribution < 1.29 is 9.47 Å². The fraction of sp³-hybridized carbons (Fsp3) is 1.00. The summed E-state index contributed by atoms with van der Waals surface area (Å²) in [5.74, 6) is 0. The van der Waals surface area contributed by atoms with Gasteiger partial charge in [-0.25, -0.2) is 0 Å². The summed E-state index contributed by atoms with van der Waals surface area (Å²) in [7, 11) is 1.99. The summed E-state index contributed by atoms with van der Waals surface area (Å²) < 4.78 is 10.2. The molecule has 1 aliphatic heterocycles. The molecule has 0 spiro atoms. The van der Waals surface area contributed by atoms with Crippen molar-refractivity contribution in [1.82, 2.24) is 0 Å². The van der Waals surface area contributed by atoms with E-state index in [9.17, 15) is 0 Å². The third kappa shape index (κ3) is 3.67. The predicted octanol–water partition coefficient (Wildman–Crippen LogP) is -0.157. The van der Waals surface area contributed by atoms with Crippen LogP contribution in [0.15, 0.2) is 0 Å². The molecule has 0 bridgehead atoms. The zero-order chi connectivity index (χ0) is 6.53. The minimum Gasteiger partial charge on any atom is -0.379 e. The Balaban J connectivity index is 1.71. The van der Waals surface area contributed by atoms with Gasteiger partial charge < -0.3 is 9.47 Å². The van der Waals surface area contributed by atoms with Gasteiger partial charge in [-0.3, -0.25) is 0 Å². The van der Waals surface area contributed by atoms with E-state index in [1.165, 1.54) is 12.5 Å².